The van der Waals surface area contributed by atoms with Gasteiger partial charge in [-0.1, -0.05) is 57.4 Å². The molecule has 0 fully saturated rings. The smallest absolute Gasteiger partial charge is 0.336 e. The van der Waals surface area contributed by atoms with E-state index in [2.05, 4.69) is 0 Å². The first kappa shape index (κ1) is 34.8. The lowest BCUT2D eigenvalue weighted by atomic mass is 9.91. The van der Waals surface area contributed by atoms with Gasteiger partial charge in [0.05, 0.1) is 11.1 Å². The fourth-order valence-electron chi connectivity index (χ4n) is 4.60. The zero-order chi connectivity index (χ0) is 27.8. The van der Waals surface area contributed by atoms with Gasteiger partial charge in [-0.2, -0.15) is 23.5 Å². The highest BCUT2D eigenvalue weighted by Gasteiger charge is 2.22. The quantitative estimate of drug-likeness (QED) is 0.0874. The molecule has 0 aliphatic carbocycles. The molecule has 0 saturated heterocycles. The van der Waals surface area contributed by atoms with E-state index in [9.17, 15) is 19.8 Å². The third-order valence-electron chi connectivity index (χ3n) is 6.70. The third-order valence-corrected chi connectivity index (χ3v) is 9.01. The predicted molar refractivity (Wildman–Crippen MR) is 161 cm³/mol. The van der Waals surface area contributed by atoms with Gasteiger partial charge in [0.15, 0.2) is 0 Å². The Hall–Kier alpha value is -1.22. The van der Waals surface area contributed by atoms with E-state index < -0.39 is 11.9 Å². The van der Waals surface area contributed by atoms with Crippen LogP contribution in [0.4, 0.5) is 0 Å². The molecule has 38 heavy (non-hydrogen) atoms. The van der Waals surface area contributed by atoms with Gasteiger partial charge in [-0.25, -0.2) is 9.59 Å². The van der Waals surface area contributed by atoms with Gasteiger partial charge in [-0.15, -0.1) is 0 Å². The fraction of sp³-hybridized carbons (Fsp3) is 0.733. The second kappa shape index (κ2) is 23.6. The molecule has 0 radical (unpaired) electrons. The highest BCUT2D eigenvalue weighted by molar-refractivity contribution is 7.99. The maximum absolute atomic E-state index is 12.1. The van der Waals surface area contributed by atoms with E-state index in [1.54, 1.807) is 0 Å². The second-order valence-electron chi connectivity index (χ2n) is 9.86. The molecule has 0 heterocycles. The average Bonchev–Trinajstić information content (AvgIpc) is 2.90. The molecule has 1 aromatic carbocycles. The van der Waals surface area contributed by atoms with Crippen LogP contribution in [-0.2, 0) is 12.8 Å². The van der Waals surface area contributed by atoms with Gasteiger partial charge in [0.2, 0.25) is 0 Å². The zero-order valence-corrected chi connectivity index (χ0v) is 24.8. The molecule has 0 aliphatic heterocycles. The van der Waals surface area contributed by atoms with Crippen molar-refractivity contribution in [2.24, 2.45) is 0 Å². The predicted octanol–water partition coefficient (Wildman–Crippen LogP) is 7.08. The first-order valence-corrected chi connectivity index (χ1v) is 16.8. The number of carboxylic acids is 2. The summed E-state index contributed by atoms with van der Waals surface area (Å²) in [5.74, 6) is 1.84. The molecule has 0 bridgehead atoms. The van der Waals surface area contributed by atoms with E-state index in [0.717, 1.165) is 73.5 Å². The van der Waals surface area contributed by atoms with Crippen molar-refractivity contribution in [3.8, 4) is 0 Å². The number of hydrogen-bond donors (Lipinski definition) is 4. The van der Waals surface area contributed by atoms with Crippen LogP contribution in [0.15, 0.2) is 12.1 Å². The third kappa shape index (κ3) is 16.0. The maximum Gasteiger partial charge on any atom is 0.336 e. The molecule has 0 amide bonds. The number of aliphatic hydroxyl groups is 2. The van der Waals surface area contributed by atoms with Gasteiger partial charge < -0.3 is 20.4 Å². The molecule has 0 aromatic heterocycles. The molecule has 0 atom stereocenters. The van der Waals surface area contributed by atoms with Crippen LogP contribution >= 0.6 is 23.5 Å². The van der Waals surface area contributed by atoms with E-state index >= 15 is 0 Å². The lowest BCUT2D eigenvalue weighted by molar-refractivity contribution is 0.0650. The Labute approximate surface area is 238 Å². The largest absolute Gasteiger partial charge is 0.478 e. The van der Waals surface area contributed by atoms with Crippen molar-refractivity contribution in [2.75, 3.05) is 36.2 Å². The van der Waals surface area contributed by atoms with Crippen LogP contribution in [-0.4, -0.2) is 68.6 Å². The van der Waals surface area contributed by atoms with Gasteiger partial charge >= 0.3 is 11.9 Å². The normalized spacial score (nSPS) is 11.2. The Kier molecular flexibility index (Phi) is 21.7. The van der Waals surface area contributed by atoms with Crippen molar-refractivity contribution < 1.29 is 30.0 Å². The molecule has 0 spiro atoms. The summed E-state index contributed by atoms with van der Waals surface area (Å²) < 4.78 is 0. The van der Waals surface area contributed by atoms with Crippen LogP contribution < -0.4 is 0 Å². The highest BCUT2D eigenvalue weighted by Crippen LogP contribution is 2.25. The van der Waals surface area contributed by atoms with Gasteiger partial charge in [-0.3, -0.25) is 0 Å². The van der Waals surface area contributed by atoms with Crippen molar-refractivity contribution in [3.63, 3.8) is 0 Å². The van der Waals surface area contributed by atoms with Crippen LogP contribution in [0, 0.1) is 0 Å². The van der Waals surface area contributed by atoms with Crippen molar-refractivity contribution in [3.05, 3.63) is 34.4 Å². The lowest BCUT2D eigenvalue weighted by Crippen LogP contribution is -2.14. The maximum atomic E-state index is 12.1. The number of hydrogen-bond acceptors (Lipinski definition) is 6. The Morgan fingerprint density at radius 1 is 0.553 bits per heavy atom. The Morgan fingerprint density at radius 2 is 1.00 bits per heavy atom. The molecule has 0 saturated carbocycles. The number of aryl methyl sites for hydroxylation is 1. The first-order valence-electron chi connectivity index (χ1n) is 14.5. The summed E-state index contributed by atoms with van der Waals surface area (Å²) in [6, 6.07) is 3.29. The summed E-state index contributed by atoms with van der Waals surface area (Å²) in [6.45, 7) is 0.570. The summed E-state index contributed by atoms with van der Waals surface area (Å²) in [4.78, 5) is 23.8. The van der Waals surface area contributed by atoms with Crippen molar-refractivity contribution >= 4 is 35.5 Å². The van der Waals surface area contributed by atoms with Crippen LogP contribution in [0.3, 0.4) is 0 Å². The van der Waals surface area contributed by atoms with Crippen LogP contribution in [0.1, 0.15) is 122 Å². The molecule has 0 aliphatic rings. The van der Waals surface area contributed by atoms with E-state index in [4.69, 9.17) is 10.2 Å². The molecule has 218 valence electrons. The van der Waals surface area contributed by atoms with E-state index in [1.165, 1.54) is 57.4 Å². The van der Waals surface area contributed by atoms with E-state index in [-0.39, 0.29) is 24.3 Å². The Morgan fingerprint density at radius 3 is 1.47 bits per heavy atom. The molecule has 8 heteroatoms. The van der Waals surface area contributed by atoms with Crippen molar-refractivity contribution in [1.82, 2.24) is 0 Å². The number of carboxylic acid groups (broad SMARTS) is 2. The number of carbonyl (C=O) groups is 2. The van der Waals surface area contributed by atoms with Gasteiger partial charge in [0, 0.05) is 13.2 Å². The molecular formula is C30H50O6S2. The van der Waals surface area contributed by atoms with Crippen LogP contribution in [0.2, 0.25) is 0 Å². The molecule has 1 aromatic rings. The van der Waals surface area contributed by atoms with Crippen LogP contribution in [0.25, 0.3) is 0 Å². The van der Waals surface area contributed by atoms with E-state index in [0.29, 0.717) is 12.0 Å². The number of thioether (sulfide) groups is 2. The zero-order valence-electron chi connectivity index (χ0n) is 23.1. The number of rotatable bonds is 26. The average molecular weight is 571 g/mol. The Bertz CT molecular complexity index is 771. The van der Waals surface area contributed by atoms with Crippen LogP contribution in [0.5, 0.6) is 0 Å². The SMILES string of the molecule is O=C(O)c1ccc(CCCSCCCCCCCCO)c(CCCSCCCCCCCCO)c1C(=O)O. The molecular weight excluding hydrogens is 520 g/mol. The molecule has 6 nitrogen and oxygen atoms in total. The topological polar surface area (TPSA) is 115 Å². The summed E-state index contributed by atoms with van der Waals surface area (Å²) in [7, 11) is 0. The number of aromatic carboxylic acids is 2. The highest BCUT2D eigenvalue weighted by atomic mass is 32.2. The number of benzene rings is 1. The summed E-state index contributed by atoms with van der Waals surface area (Å²) in [5.41, 5.74) is 1.54. The monoisotopic (exact) mass is 570 g/mol. The van der Waals surface area contributed by atoms with Gasteiger partial charge in [0.25, 0.3) is 0 Å². The second-order valence-corrected chi connectivity index (χ2v) is 12.3. The summed E-state index contributed by atoms with van der Waals surface area (Å²) in [6.07, 6.45) is 16.8. The minimum Gasteiger partial charge on any atom is -0.478 e. The summed E-state index contributed by atoms with van der Waals surface area (Å²) in [5, 5.41) is 37.1. The van der Waals surface area contributed by atoms with Gasteiger partial charge in [0.1, 0.15) is 0 Å². The lowest BCUT2D eigenvalue weighted by Gasteiger charge is -2.15. The van der Waals surface area contributed by atoms with Gasteiger partial charge in [-0.05, 0) is 91.6 Å². The first-order chi connectivity index (χ1) is 18.5. The number of aliphatic hydroxyl groups excluding tert-OH is 2. The minimum absolute atomic E-state index is 0.0308. The minimum atomic E-state index is -1.18. The summed E-state index contributed by atoms with van der Waals surface area (Å²) >= 11 is 3.83. The molecule has 0 unspecified atom stereocenters. The standard InChI is InChI=1S/C30H50O6S2/c31-19-9-5-1-3-7-11-21-37-23-13-15-25-17-18-27(29(33)34)28(30(35)36)26(25)16-14-24-38-22-12-8-4-2-6-10-20-32/h17-18,31-32H,1-16,19-24H2,(H,33,34)(H,35,36). The van der Waals surface area contributed by atoms with Crippen molar-refractivity contribution in [2.45, 2.75) is 103 Å². The molecule has 4 N–H and O–H groups in total. The number of unbranched alkanes of at least 4 members (excludes halogenated alkanes) is 10. The fourth-order valence-corrected chi connectivity index (χ4v) is 6.52. The van der Waals surface area contributed by atoms with E-state index in [1.807, 2.05) is 29.6 Å². The Balaban J connectivity index is 2.48. The molecule has 1 rings (SSSR count). The van der Waals surface area contributed by atoms with Crippen molar-refractivity contribution in [1.29, 1.82) is 0 Å².